The number of nitrogens with two attached hydrogens (primary N) is 1. The first-order chi connectivity index (χ1) is 17.4. The van der Waals surface area contributed by atoms with E-state index in [0.29, 0.717) is 24.6 Å². The number of benzene rings is 2. The summed E-state index contributed by atoms with van der Waals surface area (Å²) in [5.74, 6) is -0.763. The van der Waals surface area contributed by atoms with Crippen LogP contribution >= 0.6 is 11.3 Å². The number of carbonyl (C=O) groups excluding carboxylic acids is 2. The topological polar surface area (TPSA) is 142 Å². The van der Waals surface area contributed by atoms with Gasteiger partial charge >= 0.3 is 0 Å². The molecule has 10 heteroatoms. The van der Waals surface area contributed by atoms with Crippen molar-refractivity contribution in [2.75, 3.05) is 18.8 Å². The minimum atomic E-state index is -0.776. The lowest BCUT2D eigenvalue weighted by Gasteiger charge is -2.36. The highest BCUT2D eigenvalue weighted by molar-refractivity contribution is 7.22. The number of piperidine rings is 1. The lowest BCUT2D eigenvalue weighted by Crippen LogP contribution is -2.46. The van der Waals surface area contributed by atoms with Gasteiger partial charge < -0.3 is 26.2 Å². The third-order valence-corrected chi connectivity index (χ3v) is 7.14. The van der Waals surface area contributed by atoms with Crippen molar-refractivity contribution in [3.8, 4) is 5.75 Å². The number of aromatic hydroxyl groups is 1. The van der Waals surface area contributed by atoms with E-state index in [0.717, 1.165) is 21.3 Å². The molecular weight excluding hydrogens is 478 g/mol. The number of hydrogen-bond donors (Lipinski definition) is 4. The Labute approximate surface area is 211 Å². The number of aromatic nitrogens is 2. The minimum Gasteiger partial charge on any atom is -0.508 e. The Morgan fingerprint density at radius 1 is 1.08 bits per heavy atom. The van der Waals surface area contributed by atoms with Gasteiger partial charge in [0.15, 0.2) is 5.13 Å². The van der Waals surface area contributed by atoms with Gasteiger partial charge in [0.1, 0.15) is 17.1 Å². The van der Waals surface area contributed by atoms with E-state index in [1.807, 2.05) is 24.3 Å². The highest BCUT2D eigenvalue weighted by Gasteiger charge is 2.32. The van der Waals surface area contributed by atoms with Gasteiger partial charge in [0, 0.05) is 25.6 Å². The van der Waals surface area contributed by atoms with Crippen molar-refractivity contribution in [3.05, 3.63) is 83.2 Å². The normalized spacial score (nSPS) is 17.8. The number of aliphatic hydroxyl groups is 1. The number of fused-ring (bicyclic) bond motifs is 1. The summed E-state index contributed by atoms with van der Waals surface area (Å²) < 4.78 is 0.944. The third-order valence-electron chi connectivity index (χ3n) is 6.29. The number of likely N-dealkylation sites (tertiary alicyclic amines) is 1. The molecule has 5 rings (SSSR count). The molecule has 5 N–H and O–H groups in total. The van der Waals surface area contributed by atoms with Crippen LogP contribution in [0.2, 0.25) is 0 Å². The van der Waals surface area contributed by atoms with Crippen molar-refractivity contribution < 1.29 is 19.8 Å². The molecule has 1 fully saturated rings. The van der Waals surface area contributed by atoms with Crippen LogP contribution in [0.3, 0.4) is 0 Å². The first kappa shape index (κ1) is 23.7. The Kier molecular flexibility index (Phi) is 6.53. The Hall–Kier alpha value is -4.02. The fraction of sp³-hybridized carbons (Fsp3) is 0.231. The van der Waals surface area contributed by atoms with Gasteiger partial charge in [-0.2, -0.15) is 0 Å². The zero-order chi connectivity index (χ0) is 25.2. The van der Waals surface area contributed by atoms with Gasteiger partial charge in [0.25, 0.3) is 11.8 Å². The lowest BCUT2D eigenvalue weighted by molar-refractivity contribution is 0.0377. The minimum absolute atomic E-state index is 0.138. The largest absolute Gasteiger partial charge is 0.508 e. The van der Waals surface area contributed by atoms with Crippen LogP contribution in [-0.4, -0.2) is 56.1 Å². The van der Waals surface area contributed by atoms with Gasteiger partial charge in [-0.25, -0.2) is 9.97 Å². The summed E-state index contributed by atoms with van der Waals surface area (Å²) in [6.07, 6.45) is -0.228. The van der Waals surface area contributed by atoms with E-state index < -0.39 is 12.0 Å². The Balaban J connectivity index is 1.22. The number of phenolic OH excluding ortho intramolecular Hbond substituents is 1. The van der Waals surface area contributed by atoms with E-state index in [1.165, 1.54) is 11.3 Å². The number of nitrogens with zero attached hydrogens (tertiary/aromatic N) is 3. The number of amides is 2. The number of nitrogen functional groups attached to an aromatic ring is 1. The molecule has 2 unspecified atom stereocenters. The van der Waals surface area contributed by atoms with Crippen LogP contribution in [0.15, 0.2) is 60.7 Å². The van der Waals surface area contributed by atoms with Crippen LogP contribution in [0.5, 0.6) is 5.75 Å². The maximum atomic E-state index is 13.1. The summed E-state index contributed by atoms with van der Waals surface area (Å²) in [5, 5.41) is 23.8. The van der Waals surface area contributed by atoms with Crippen molar-refractivity contribution in [2.45, 2.75) is 25.0 Å². The number of anilines is 1. The number of hydrogen-bond acceptors (Lipinski definition) is 8. The number of phenols is 1. The van der Waals surface area contributed by atoms with Crippen molar-refractivity contribution in [2.24, 2.45) is 0 Å². The van der Waals surface area contributed by atoms with Crippen molar-refractivity contribution >= 4 is 38.5 Å². The standard InChI is InChI=1S/C26H25N5O4S/c27-26-30-19-8-7-15(11-23(19)36-26)13-28-24(34)20-5-2-6-21(29-20)25(35)31-10-9-18(22(33)14-31)16-3-1-4-17(32)12-16/h1-8,11-12,18,22,32-33H,9-10,13-14H2,(H2,27,30)(H,28,34). The van der Waals surface area contributed by atoms with Gasteiger partial charge in [-0.05, 0) is 53.9 Å². The number of pyridine rings is 1. The number of β-amino-alcohol motifs (C(OH)–C–C–N with tert-alkyl or cyclic N) is 1. The van der Waals surface area contributed by atoms with Crippen LogP contribution in [0.4, 0.5) is 5.13 Å². The monoisotopic (exact) mass is 503 g/mol. The molecule has 36 heavy (non-hydrogen) atoms. The fourth-order valence-electron chi connectivity index (χ4n) is 4.47. The number of aliphatic hydroxyl groups excluding tert-OH is 1. The van der Waals surface area contributed by atoms with Crippen LogP contribution in [0.25, 0.3) is 10.2 Å². The average molecular weight is 504 g/mol. The van der Waals surface area contributed by atoms with Gasteiger partial charge in [-0.3, -0.25) is 9.59 Å². The summed E-state index contributed by atoms with van der Waals surface area (Å²) in [6, 6.07) is 17.2. The van der Waals surface area contributed by atoms with Gasteiger partial charge in [0.2, 0.25) is 0 Å². The first-order valence-electron chi connectivity index (χ1n) is 11.5. The molecule has 184 valence electrons. The molecule has 1 aliphatic heterocycles. The molecule has 1 saturated heterocycles. The lowest BCUT2D eigenvalue weighted by atomic mass is 9.87. The van der Waals surface area contributed by atoms with E-state index in [4.69, 9.17) is 5.73 Å². The van der Waals surface area contributed by atoms with Gasteiger partial charge in [-0.15, -0.1) is 0 Å². The third kappa shape index (κ3) is 5.00. The van der Waals surface area contributed by atoms with Crippen LogP contribution in [0, 0.1) is 0 Å². The second-order valence-corrected chi connectivity index (χ2v) is 9.82. The first-order valence-corrected chi connectivity index (χ1v) is 12.4. The number of nitrogens with one attached hydrogen (secondary N) is 1. The van der Waals surface area contributed by atoms with Crippen molar-refractivity contribution in [1.82, 2.24) is 20.2 Å². The molecule has 3 heterocycles. The van der Waals surface area contributed by atoms with Crippen LogP contribution in [-0.2, 0) is 6.54 Å². The maximum Gasteiger partial charge on any atom is 0.272 e. The predicted molar refractivity (Wildman–Crippen MR) is 137 cm³/mol. The molecular formula is C26H25N5O4S. The molecule has 0 radical (unpaired) electrons. The molecule has 2 atom stereocenters. The smallest absolute Gasteiger partial charge is 0.272 e. The van der Waals surface area contributed by atoms with Gasteiger partial charge in [-0.1, -0.05) is 35.6 Å². The molecule has 2 aromatic heterocycles. The molecule has 0 aliphatic carbocycles. The number of carbonyl (C=O) groups is 2. The molecule has 4 aromatic rings. The van der Waals surface area contributed by atoms with E-state index in [9.17, 15) is 19.8 Å². The average Bonchev–Trinajstić information content (AvgIpc) is 3.26. The molecule has 2 aromatic carbocycles. The summed E-state index contributed by atoms with van der Waals surface area (Å²) in [5.41, 5.74) is 8.59. The molecule has 9 nitrogen and oxygen atoms in total. The zero-order valence-corrected chi connectivity index (χ0v) is 20.1. The van der Waals surface area contributed by atoms with E-state index in [1.54, 1.807) is 41.3 Å². The predicted octanol–water partition coefficient (Wildman–Crippen LogP) is 2.90. The fourth-order valence-corrected chi connectivity index (χ4v) is 5.27. The van der Waals surface area contributed by atoms with E-state index in [-0.39, 0.29) is 35.5 Å². The van der Waals surface area contributed by atoms with E-state index >= 15 is 0 Å². The molecule has 0 spiro atoms. The second kappa shape index (κ2) is 9.92. The second-order valence-electron chi connectivity index (χ2n) is 8.75. The summed E-state index contributed by atoms with van der Waals surface area (Å²) in [7, 11) is 0. The number of rotatable bonds is 5. The molecule has 0 saturated carbocycles. The van der Waals surface area contributed by atoms with Crippen molar-refractivity contribution in [3.63, 3.8) is 0 Å². The zero-order valence-electron chi connectivity index (χ0n) is 19.3. The van der Waals surface area contributed by atoms with Crippen molar-refractivity contribution in [1.29, 1.82) is 0 Å². The van der Waals surface area contributed by atoms with Gasteiger partial charge in [0.05, 0.1) is 16.3 Å². The Bertz CT molecular complexity index is 1440. The highest BCUT2D eigenvalue weighted by atomic mass is 32.1. The molecule has 1 aliphatic rings. The van der Waals surface area contributed by atoms with Crippen LogP contribution < -0.4 is 11.1 Å². The van der Waals surface area contributed by atoms with Crippen LogP contribution in [0.1, 0.15) is 44.4 Å². The maximum absolute atomic E-state index is 13.1. The van der Waals surface area contributed by atoms with E-state index in [2.05, 4.69) is 15.3 Å². The molecule has 0 bridgehead atoms. The number of thiazole rings is 1. The quantitative estimate of drug-likeness (QED) is 0.328. The summed E-state index contributed by atoms with van der Waals surface area (Å²) in [4.78, 5) is 35.9. The molecule has 2 amide bonds. The Morgan fingerprint density at radius 2 is 1.89 bits per heavy atom. The summed E-state index contributed by atoms with van der Waals surface area (Å²) in [6.45, 7) is 0.863. The SMILES string of the molecule is Nc1nc2ccc(CNC(=O)c3cccc(C(=O)N4CCC(c5cccc(O)c5)C(O)C4)n3)cc2s1. The highest BCUT2D eigenvalue weighted by Crippen LogP contribution is 2.30. The summed E-state index contributed by atoms with van der Waals surface area (Å²) >= 11 is 1.39. The Morgan fingerprint density at radius 3 is 2.69 bits per heavy atom.